The molecule has 1 N–H and O–H groups in total. The van der Waals surface area contributed by atoms with Crippen molar-refractivity contribution in [3.63, 3.8) is 0 Å². The molecule has 0 amide bonds. The molecule has 20 heavy (non-hydrogen) atoms. The predicted octanol–water partition coefficient (Wildman–Crippen LogP) is 1.39. The Bertz CT molecular complexity index is 567. The van der Waals surface area contributed by atoms with Gasteiger partial charge in [0.1, 0.15) is 0 Å². The molecule has 0 aromatic carbocycles. The summed E-state index contributed by atoms with van der Waals surface area (Å²) >= 11 is 0. The molecule has 6 nitrogen and oxygen atoms in total. The summed E-state index contributed by atoms with van der Waals surface area (Å²) in [7, 11) is 1.60. The van der Waals surface area contributed by atoms with Gasteiger partial charge in [0.25, 0.3) is 0 Å². The molecule has 0 spiro atoms. The Morgan fingerprint density at radius 1 is 1.40 bits per heavy atom. The molecule has 106 valence electrons. The lowest BCUT2D eigenvalue weighted by molar-refractivity contribution is 0.337. The van der Waals surface area contributed by atoms with Crippen molar-refractivity contribution in [2.24, 2.45) is 5.92 Å². The number of hydrogen-bond donors (Lipinski definition) is 1. The van der Waals surface area contributed by atoms with E-state index in [0.717, 1.165) is 24.5 Å². The second kappa shape index (κ2) is 5.58. The molecule has 3 rings (SSSR count). The number of rotatable bonds is 4. The first-order valence-electron chi connectivity index (χ1n) is 6.78. The van der Waals surface area contributed by atoms with E-state index in [-0.39, 0.29) is 0 Å². The molecule has 6 heteroatoms. The Labute approximate surface area is 117 Å². The number of hydrogen-bond acceptors (Lipinski definition) is 6. The summed E-state index contributed by atoms with van der Waals surface area (Å²) < 4.78 is 10.4. The lowest BCUT2D eigenvalue weighted by Gasteiger charge is -2.07. The number of pyridine rings is 1. The quantitative estimate of drug-likeness (QED) is 0.908. The molecule has 3 heterocycles. The molecule has 1 saturated heterocycles. The van der Waals surface area contributed by atoms with E-state index in [2.05, 4.69) is 27.4 Å². The van der Waals surface area contributed by atoms with Gasteiger partial charge in [-0.3, -0.25) is 0 Å². The van der Waals surface area contributed by atoms with E-state index in [0.29, 0.717) is 30.0 Å². The summed E-state index contributed by atoms with van der Waals surface area (Å²) in [5, 5.41) is 7.40. The van der Waals surface area contributed by atoms with E-state index >= 15 is 0 Å². The van der Waals surface area contributed by atoms with E-state index in [1.807, 2.05) is 12.1 Å². The molecule has 0 bridgehead atoms. The van der Waals surface area contributed by atoms with Gasteiger partial charge in [0.05, 0.1) is 13.0 Å². The van der Waals surface area contributed by atoms with Gasteiger partial charge >= 0.3 is 0 Å². The van der Waals surface area contributed by atoms with E-state index in [9.17, 15) is 0 Å². The average molecular weight is 274 g/mol. The Morgan fingerprint density at radius 2 is 2.30 bits per heavy atom. The van der Waals surface area contributed by atoms with Crippen LogP contribution < -0.4 is 10.1 Å². The Morgan fingerprint density at radius 3 is 2.95 bits per heavy atom. The maximum absolute atomic E-state index is 5.39. The van der Waals surface area contributed by atoms with Crippen LogP contribution in [0.3, 0.4) is 0 Å². The van der Waals surface area contributed by atoms with E-state index in [1.165, 1.54) is 0 Å². The first kappa shape index (κ1) is 13.1. The van der Waals surface area contributed by atoms with Crippen LogP contribution in [0, 0.1) is 5.92 Å². The Kier molecular flexibility index (Phi) is 3.64. The van der Waals surface area contributed by atoms with Gasteiger partial charge in [-0.05, 0) is 18.0 Å². The van der Waals surface area contributed by atoms with Crippen molar-refractivity contribution >= 4 is 0 Å². The minimum atomic E-state index is 0.324. The molecule has 2 atom stereocenters. The van der Waals surface area contributed by atoms with Crippen LogP contribution >= 0.6 is 0 Å². The fraction of sp³-hybridized carbons (Fsp3) is 0.500. The van der Waals surface area contributed by atoms with Gasteiger partial charge in [0.2, 0.25) is 11.8 Å². The summed E-state index contributed by atoms with van der Waals surface area (Å²) in [5.74, 6) is 2.90. The van der Waals surface area contributed by atoms with Gasteiger partial charge < -0.3 is 14.6 Å². The molecule has 2 unspecified atom stereocenters. The number of ether oxygens (including phenoxy) is 1. The van der Waals surface area contributed by atoms with Crippen LogP contribution in [0.15, 0.2) is 22.9 Å². The molecule has 1 aliphatic heterocycles. The molecule has 0 radical (unpaired) electrons. The summed E-state index contributed by atoms with van der Waals surface area (Å²) in [6.45, 7) is 4.11. The highest BCUT2D eigenvalue weighted by Crippen LogP contribution is 2.26. The van der Waals surface area contributed by atoms with Crippen molar-refractivity contribution in [3.8, 4) is 5.88 Å². The van der Waals surface area contributed by atoms with Crippen LogP contribution in [0.2, 0.25) is 0 Å². The highest BCUT2D eigenvalue weighted by atomic mass is 16.5. The van der Waals surface area contributed by atoms with Gasteiger partial charge in [-0.2, -0.15) is 4.98 Å². The molecule has 2 aromatic heterocycles. The highest BCUT2D eigenvalue weighted by Gasteiger charge is 2.29. The highest BCUT2D eigenvalue weighted by molar-refractivity contribution is 5.20. The van der Waals surface area contributed by atoms with Crippen molar-refractivity contribution in [2.45, 2.75) is 19.3 Å². The molecular formula is C14H18N4O2. The fourth-order valence-corrected chi connectivity index (χ4v) is 2.45. The zero-order valence-electron chi connectivity index (χ0n) is 11.7. The van der Waals surface area contributed by atoms with E-state index in [1.54, 1.807) is 13.3 Å². The summed E-state index contributed by atoms with van der Waals surface area (Å²) in [5.41, 5.74) is 1.04. The molecule has 0 aliphatic carbocycles. The third-order valence-electron chi connectivity index (χ3n) is 3.69. The molecule has 1 fully saturated rings. The predicted molar refractivity (Wildman–Crippen MR) is 72.7 cm³/mol. The number of methoxy groups -OCH3 is 1. The number of nitrogens with zero attached hydrogens (tertiary/aromatic N) is 3. The molecular weight excluding hydrogens is 256 g/mol. The molecule has 1 aliphatic rings. The SMILES string of the molecule is COc1ccc(Cc2noc(C3CNCC3C)n2)cn1. The first-order chi connectivity index (χ1) is 9.76. The van der Waals surface area contributed by atoms with Crippen molar-refractivity contribution in [2.75, 3.05) is 20.2 Å². The molecule has 0 saturated carbocycles. The maximum Gasteiger partial charge on any atom is 0.231 e. The van der Waals surface area contributed by atoms with Crippen molar-refractivity contribution in [1.29, 1.82) is 0 Å². The summed E-state index contributed by atoms with van der Waals surface area (Å²) in [6.07, 6.45) is 2.39. The zero-order chi connectivity index (χ0) is 13.9. The minimum absolute atomic E-state index is 0.324. The van der Waals surface area contributed by atoms with Gasteiger partial charge in [-0.25, -0.2) is 4.98 Å². The van der Waals surface area contributed by atoms with Crippen molar-refractivity contribution in [3.05, 3.63) is 35.6 Å². The Balaban J connectivity index is 1.70. The topological polar surface area (TPSA) is 73.1 Å². The van der Waals surface area contributed by atoms with Crippen molar-refractivity contribution < 1.29 is 9.26 Å². The first-order valence-corrected chi connectivity index (χ1v) is 6.78. The molecule has 2 aromatic rings. The van der Waals surface area contributed by atoms with Gasteiger partial charge in [0.15, 0.2) is 5.82 Å². The third kappa shape index (κ3) is 2.65. The lowest BCUT2D eigenvalue weighted by atomic mass is 9.98. The fourth-order valence-electron chi connectivity index (χ4n) is 2.45. The van der Waals surface area contributed by atoms with Gasteiger partial charge in [-0.15, -0.1) is 0 Å². The van der Waals surface area contributed by atoms with Crippen LogP contribution in [0.5, 0.6) is 5.88 Å². The summed E-state index contributed by atoms with van der Waals surface area (Å²) in [4.78, 5) is 8.67. The van der Waals surface area contributed by atoms with Crippen LogP contribution in [0.25, 0.3) is 0 Å². The number of aromatic nitrogens is 3. The normalized spacial score (nSPS) is 22.1. The second-order valence-corrected chi connectivity index (χ2v) is 5.18. The number of nitrogens with one attached hydrogen (secondary N) is 1. The third-order valence-corrected chi connectivity index (χ3v) is 3.69. The second-order valence-electron chi connectivity index (χ2n) is 5.18. The van der Waals surface area contributed by atoms with Gasteiger partial charge in [0, 0.05) is 25.2 Å². The maximum atomic E-state index is 5.39. The van der Waals surface area contributed by atoms with Crippen molar-refractivity contribution in [1.82, 2.24) is 20.4 Å². The Hall–Kier alpha value is -1.95. The van der Waals surface area contributed by atoms with E-state index in [4.69, 9.17) is 9.26 Å². The zero-order valence-corrected chi connectivity index (χ0v) is 11.7. The van der Waals surface area contributed by atoms with Crippen LogP contribution in [0.1, 0.15) is 30.1 Å². The lowest BCUT2D eigenvalue weighted by Crippen LogP contribution is -2.08. The van der Waals surface area contributed by atoms with Gasteiger partial charge in [-0.1, -0.05) is 18.1 Å². The smallest absolute Gasteiger partial charge is 0.231 e. The van der Waals surface area contributed by atoms with Crippen LogP contribution in [-0.2, 0) is 6.42 Å². The van der Waals surface area contributed by atoms with Crippen LogP contribution in [0.4, 0.5) is 0 Å². The average Bonchev–Trinajstić information content (AvgIpc) is 3.08. The van der Waals surface area contributed by atoms with E-state index < -0.39 is 0 Å². The largest absolute Gasteiger partial charge is 0.481 e. The standard InChI is InChI=1S/C14H18N4O2/c1-9-6-15-8-11(9)14-17-12(18-20-14)5-10-3-4-13(19-2)16-7-10/h3-4,7,9,11,15H,5-6,8H2,1-2H3. The summed E-state index contributed by atoms with van der Waals surface area (Å²) in [6, 6.07) is 3.79. The van der Waals surface area contributed by atoms with Crippen LogP contribution in [-0.4, -0.2) is 35.3 Å². The minimum Gasteiger partial charge on any atom is -0.481 e. The monoisotopic (exact) mass is 274 g/mol.